The van der Waals surface area contributed by atoms with Crippen molar-refractivity contribution in [3.8, 4) is 56.6 Å². The minimum atomic E-state index is -0.174. The molecule has 23 rings (SSSR count). The second kappa shape index (κ2) is 24.6. The average Bonchev–Trinajstić information content (AvgIpc) is 1.53. The van der Waals surface area contributed by atoms with Crippen LogP contribution in [0.1, 0.15) is 192 Å². The van der Waals surface area contributed by atoms with E-state index in [9.17, 15) is 10.5 Å². The van der Waals surface area contributed by atoms with Crippen LogP contribution in [0.4, 0.5) is 56.9 Å². The summed E-state index contributed by atoms with van der Waals surface area (Å²) in [4.78, 5) is 18.2. The highest BCUT2D eigenvalue weighted by atomic mass is 15.3. The van der Waals surface area contributed by atoms with Gasteiger partial charge in [0.2, 0.25) is 0 Å². The van der Waals surface area contributed by atoms with Gasteiger partial charge in [0.25, 0.3) is 0 Å². The van der Waals surface area contributed by atoms with Gasteiger partial charge < -0.3 is 19.6 Å². The number of nitriles is 2. The van der Waals surface area contributed by atoms with Gasteiger partial charge in [-0.05, 0) is 344 Å². The van der Waals surface area contributed by atoms with Crippen molar-refractivity contribution >= 4 is 122 Å². The summed E-state index contributed by atoms with van der Waals surface area (Å²) in [5.74, 6) is 0. The molecular formula is C110H94N8. The normalized spacial score (nSPS) is 25.9. The summed E-state index contributed by atoms with van der Waals surface area (Å²) < 4.78 is 0. The molecule has 8 nitrogen and oxygen atoms in total. The molecule has 4 heterocycles. The van der Waals surface area contributed by atoms with E-state index in [1.54, 1.807) is 0 Å². The number of benzene rings is 13. The van der Waals surface area contributed by atoms with Crippen LogP contribution < -0.4 is 19.6 Å². The minimum Gasteiger partial charge on any atom is -0.335 e. The molecular weight excluding hydrogens is 1430 g/mol. The molecule has 0 N–H and O–H groups in total. The molecule has 8 atom stereocenters. The first-order valence-electron chi connectivity index (χ1n) is 43.4. The van der Waals surface area contributed by atoms with E-state index < -0.39 is 0 Å². The lowest BCUT2D eigenvalue weighted by atomic mass is 9.61. The first-order chi connectivity index (χ1) is 57.2. The van der Waals surface area contributed by atoms with E-state index in [1.165, 1.54) is 206 Å². The fourth-order valence-corrected chi connectivity index (χ4v) is 26.3. The number of hydrogen-bond acceptors (Lipinski definition) is 6. The standard InChI is InChI=1S/C110H94N8/c1-103-51-11-15-55-107(103,5)115(75-31-19-67(65-111)20-32-75)95-47-23-69(59-91(95)103)79-39-43-83-87-63-89-85-45-41-81(71-25-49-97-93(61-71)105(3)53-13-17-57-109(105,7)117(97)77-35-27-73(113-9)28-36-77)100-82(72-26-50-98-94(62-72)106(4)54-14-18-58-110(106,8)118(98)78-37-29-74(114-10)30-38-78)42-46-86(102(85)100)90(89)64-88(87)84-44-40-80(99(79)101(83)84)70-24-48-96-92(60-70)104(2)52-12-16-56-108(104,6)116(96)76-33-21-68(66-112)22-34-76/h19-50,59-64H,11-18,51-58H2,1-8H3. The Kier molecular flexibility index (Phi) is 14.8. The van der Waals surface area contributed by atoms with Crippen LogP contribution in [0.25, 0.3) is 119 Å². The lowest BCUT2D eigenvalue weighted by molar-refractivity contribution is 0.195. The predicted molar refractivity (Wildman–Crippen MR) is 489 cm³/mol. The first kappa shape index (κ1) is 70.9. The largest absolute Gasteiger partial charge is 0.335 e. The second-order valence-electron chi connectivity index (χ2n) is 38.2. The van der Waals surface area contributed by atoms with Gasteiger partial charge in [-0.15, -0.1) is 0 Å². The van der Waals surface area contributed by atoms with E-state index in [2.05, 4.69) is 279 Å². The molecule has 4 aliphatic heterocycles. The Balaban J connectivity index is 0.752. The van der Waals surface area contributed by atoms with Crippen molar-refractivity contribution < 1.29 is 0 Å². The monoisotopic (exact) mass is 1530 g/mol. The zero-order valence-corrected chi connectivity index (χ0v) is 68.8. The summed E-state index contributed by atoms with van der Waals surface area (Å²) in [6.07, 6.45) is 18.1. The Labute approximate surface area is 692 Å². The topological polar surface area (TPSA) is 69.3 Å². The van der Waals surface area contributed by atoms with Crippen LogP contribution >= 0.6 is 0 Å². The molecule has 118 heavy (non-hydrogen) atoms. The molecule has 0 spiro atoms. The van der Waals surface area contributed by atoms with E-state index in [0.29, 0.717) is 22.5 Å². The number of fused-ring (bicyclic) bond motifs is 18. The Morgan fingerprint density at radius 3 is 0.737 bits per heavy atom. The van der Waals surface area contributed by atoms with Crippen molar-refractivity contribution in [2.75, 3.05) is 19.6 Å². The molecule has 15 aromatic rings. The van der Waals surface area contributed by atoms with Gasteiger partial charge in [0.05, 0.1) is 58.6 Å². The van der Waals surface area contributed by atoms with Crippen LogP contribution in [0.15, 0.2) is 231 Å². The molecule has 8 unspecified atom stereocenters. The number of nitrogens with zero attached hydrogens (tertiary/aromatic N) is 8. The maximum atomic E-state index is 9.99. The van der Waals surface area contributed by atoms with Gasteiger partial charge in [-0.1, -0.05) is 176 Å². The molecule has 0 saturated heterocycles. The smallest absolute Gasteiger partial charge is 0.187 e. The van der Waals surface area contributed by atoms with Gasteiger partial charge in [0.15, 0.2) is 11.4 Å². The Bertz CT molecular complexity index is 6220. The summed E-state index contributed by atoms with van der Waals surface area (Å²) >= 11 is 0. The maximum Gasteiger partial charge on any atom is 0.187 e. The van der Waals surface area contributed by atoms with E-state index >= 15 is 0 Å². The summed E-state index contributed by atoms with van der Waals surface area (Å²) in [6.45, 7) is 35.9. The third-order valence-electron chi connectivity index (χ3n) is 33.3. The van der Waals surface area contributed by atoms with Crippen LogP contribution in [-0.2, 0) is 21.7 Å². The number of hydrogen-bond donors (Lipinski definition) is 0. The highest BCUT2D eigenvalue weighted by Gasteiger charge is 2.62. The Morgan fingerprint density at radius 1 is 0.263 bits per heavy atom. The van der Waals surface area contributed by atoms with Crippen LogP contribution in [0, 0.1) is 35.8 Å². The molecule has 0 radical (unpaired) electrons. The summed E-state index contributed by atoms with van der Waals surface area (Å²) in [5.41, 5.74) is 26.6. The molecule has 4 fully saturated rings. The van der Waals surface area contributed by atoms with E-state index in [0.717, 1.165) is 74.1 Å². The van der Waals surface area contributed by atoms with Crippen molar-refractivity contribution in [2.24, 2.45) is 0 Å². The number of anilines is 8. The summed E-state index contributed by atoms with van der Waals surface area (Å²) in [5, 5.41) is 35.3. The first-order valence-corrected chi connectivity index (χ1v) is 43.4. The fraction of sp³-hybridized carbons (Fsp3) is 0.291. The van der Waals surface area contributed by atoms with Crippen molar-refractivity contribution in [1.29, 1.82) is 10.5 Å². The third kappa shape index (κ3) is 9.01. The van der Waals surface area contributed by atoms with Gasteiger partial charge in [0.1, 0.15) is 0 Å². The van der Waals surface area contributed by atoms with Gasteiger partial charge in [-0.2, -0.15) is 10.5 Å². The van der Waals surface area contributed by atoms with Gasteiger partial charge in [-0.3, -0.25) is 0 Å². The van der Waals surface area contributed by atoms with Crippen molar-refractivity contribution in [3.05, 3.63) is 287 Å². The van der Waals surface area contributed by atoms with Crippen molar-refractivity contribution in [1.82, 2.24) is 0 Å². The fourth-order valence-electron chi connectivity index (χ4n) is 26.3. The van der Waals surface area contributed by atoms with Gasteiger partial charge in [-0.25, -0.2) is 9.69 Å². The molecule has 8 aliphatic rings. The maximum absolute atomic E-state index is 9.99. The third-order valence-corrected chi connectivity index (χ3v) is 33.3. The molecule has 4 saturated carbocycles. The molecule has 574 valence electrons. The second-order valence-corrected chi connectivity index (χ2v) is 38.2. The van der Waals surface area contributed by atoms with Crippen molar-refractivity contribution in [3.63, 3.8) is 0 Å². The van der Waals surface area contributed by atoms with Crippen LogP contribution in [0.3, 0.4) is 0 Å². The zero-order valence-electron chi connectivity index (χ0n) is 68.8. The zero-order chi connectivity index (χ0) is 80.1. The molecule has 4 aliphatic carbocycles. The molecule has 0 aromatic heterocycles. The number of rotatable bonds is 8. The highest BCUT2D eigenvalue weighted by molar-refractivity contribution is 6.40. The quantitative estimate of drug-likeness (QED) is 0.141. The molecule has 15 aromatic carbocycles. The van der Waals surface area contributed by atoms with Crippen LogP contribution in [0.2, 0.25) is 0 Å². The SMILES string of the molecule is [C-]#[N+]c1ccc(N2c3ccc(-c4ccc5c6cc7c(cc6c6ccc(-c8ccc9c(c8)C8(C)CCCCC8(C)N9c8ccc([N+]#[C-])cc8)c4c56)c4ccc(-c5ccc6c(c5)C5(C)CCCCC5(C)N6c5ccc(C#N)cc5)c5c(-c6ccc8c(c6)C6(C)CCCCC6(C)N8c6ccc(C#N)cc6)ccc7c54)cc3C3(C)CCCCC23C)cc1. The van der Waals surface area contributed by atoms with Crippen LogP contribution in [-0.4, -0.2) is 22.2 Å². The molecule has 0 amide bonds. The Hall–Kier alpha value is -12.5. The summed E-state index contributed by atoms with van der Waals surface area (Å²) in [6, 6.07) is 92.8. The lowest BCUT2D eigenvalue weighted by Crippen LogP contribution is -2.54. The minimum absolute atomic E-state index is 0.131. The van der Waals surface area contributed by atoms with Crippen molar-refractivity contribution in [2.45, 2.75) is 202 Å². The lowest BCUT2D eigenvalue weighted by Gasteiger charge is -2.50. The van der Waals surface area contributed by atoms with Crippen LogP contribution in [0.5, 0.6) is 0 Å². The van der Waals surface area contributed by atoms with E-state index in [1.807, 2.05) is 48.5 Å². The summed E-state index contributed by atoms with van der Waals surface area (Å²) in [7, 11) is 0. The molecule has 0 bridgehead atoms. The van der Waals surface area contributed by atoms with E-state index in [-0.39, 0.29) is 43.8 Å². The highest BCUT2D eigenvalue weighted by Crippen LogP contribution is 2.68. The average molecular weight is 1530 g/mol. The van der Waals surface area contributed by atoms with E-state index in [4.69, 9.17) is 13.1 Å². The Morgan fingerprint density at radius 2 is 0.500 bits per heavy atom. The predicted octanol–water partition coefficient (Wildman–Crippen LogP) is 30.0. The molecule has 8 heteroatoms. The van der Waals surface area contributed by atoms with Gasteiger partial charge >= 0.3 is 0 Å². The van der Waals surface area contributed by atoms with Gasteiger partial charge in [0, 0.05) is 67.2 Å².